The monoisotopic (exact) mass is 546 g/mol. The summed E-state index contributed by atoms with van der Waals surface area (Å²) < 4.78 is 4.88. The number of rotatable bonds is 13. The first-order chi connectivity index (χ1) is 20.2. The summed E-state index contributed by atoms with van der Waals surface area (Å²) in [6.45, 7) is 9.65. The van der Waals surface area contributed by atoms with Crippen molar-refractivity contribution in [3.05, 3.63) is 84.4 Å². The van der Waals surface area contributed by atoms with Crippen LogP contribution in [0, 0.1) is 0 Å². The van der Waals surface area contributed by atoms with Crippen molar-refractivity contribution in [1.82, 2.24) is 24.0 Å². The summed E-state index contributed by atoms with van der Waals surface area (Å²) in [5.41, 5.74) is 13.2. The molecule has 0 spiro atoms. The molecule has 0 aliphatic rings. The molecule has 0 saturated heterocycles. The van der Waals surface area contributed by atoms with E-state index in [0.29, 0.717) is 6.54 Å². The number of para-hydroxylation sites is 2. The molecule has 6 rings (SSSR count). The highest BCUT2D eigenvalue weighted by atomic mass is 15.1. The van der Waals surface area contributed by atoms with Gasteiger partial charge in [-0.25, -0.2) is 0 Å². The van der Waals surface area contributed by atoms with Crippen LogP contribution in [-0.2, 0) is 26.2 Å². The third-order valence-corrected chi connectivity index (χ3v) is 8.35. The number of unbranched alkanes of at least 4 members (excludes halogenated alkanes) is 2. The molecule has 6 heteroatoms. The van der Waals surface area contributed by atoms with Gasteiger partial charge < -0.3 is 14.9 Å². The first kappa shape index (κ1) is 27.4. The smallest absolute Gasteiger partial charge is 0.0678 e. The van der Waals surface area contributed by atoms with Crippen LogP contribution in [0.4, 0.5) is 0 Å². The van der Waals surface area contributed by atoms with Crippen LogP contribution in [0.25, 0.3) is 43.6 Å². The molecule has 2 aromatic carbocycles. The van der Waals surface area contributed by atoms with E-state index in [1.807, 2.05) is 0 Å². The van der Waals surface area contributed by atoms with E-state index < -0.39 is 0 Å². The van der Waals surface area contributed by atoms with E-state index in [1.165, 1.54) is 56.5 Å². The topological polar surface area (TPSA) is 64.9 Å². The Bertz CT molecular complexity index is 1650. The second kappa shape index (κ2) is 12.4. The van der Waals surface area contributed by atoms with Gasteiger partial charge in [-0.1, -0.05) is 63.1 Å². The molecular weight excluding hydrogens is 504 g/mol. The fraction of sp³-hybridized carbons (Fsp3) is 0.371. The molecule has 0 aliphatic heterocycles. The first-order valence-electron chi connectivity index (χ1n) is 15.4. The van der Waals surface area contributed by atoms with Gasteiger partial charge in [-0.2, -0.15) is 0 Å². The van der Waals surface area contributed by atoms with E-state index in [-0.39, 0.29) is 0 Å². The maximum Gasteiger partial charge on any atom is 0.0678 e. The van der Waals surface area contributed by atoms with Crippen LogP contribution in [0.15, 0.2) is 73.1 Å². The minimum absolute atomic E-state index is 0.672. The molecule has 0 bridgehead atoms. The quantitative estimate of drug-likeness (QED) is 0.162. The molecule has 0 amide bonds. The molecule has 0 aliphatic carbocycles. The summed E-state index contributed by atoms with van der Waals surface area (Å²) in [4.78, 5) is 12.4. The second-order valence-corrected chi connectivity index (χ2v) is 11.3. The first-order valence-corrected chi connectivity index (χ1v) is 15.4. The number of pyridine rings is 2. The standard InChI is InChI=1S/C35H42N6/c1-3-5-18-40-32-14-9-7-12-28(32)30-20-26(37-22-34(30)40)24-39(17-11-16-36)25-27-21-31-29-13-8-10-15-33(29)41(19-6-4-2)35(31)23-38-27/h7-10,12-15,20-23H,3-6,11,16-19,24-25,36H2,1-2H3. The average molecular weight is 547 g/mol. The van der Waals surface area contributed by atoms with Crippen molar-refractivity contribution in [2.75, 3.05) is 13.1 Å². The van der Waals surface area contributed by atoms with Gasteiger partial charge in [0.15, 0.2) is 0 Å². The molecule has 212 valence electrons. The normalized spacial score (nSPS) is 12.1. The van der Waals surface area contributed by atoms with E-state index in [2.05, 4.69) is 101 Å². The Labute approximate surface area is 242 Å². The third-order valence-electron chi connectivity index (χ3n) is 8.35. The highest BCUT2D eigenvalue weighted by molar-refractivity contribution is 6.08. The summed E-state index contributed by atoms with van der Waals surface area (Å²) in [5, 5.41) is 5.20. The molecule has 0 radical (unpaired) electrons. The minimum atomic E-state index is 0.672. The van der Waals surface area contributed by atoms with Gasteiger partial charge in [-0.3, -0.25) is 14.9 Å². The van der Waals surface area contributed by atoms with Crippen LogP contribution >= 0.6 is 0 Å². The zero-order valence-corrected chi connectivity index (χ0v) is 24.5. The summed E-state index contributed by atoms with van der Waals surface area (Å²) in [6, 6.07) is 22.1. The van der Waals surface area contributed by atoms with E-state index in [4.69, 9.17) is 15.7 Å². The lowest BCUT2D eigenvalue weighted by Gasteiger charge is -2.21. The summed E-state index contributed by atoms with van der Waals surface area (Å²) in [6.07, 6.45) is 9.78. The molecule has 0 atom stereocenters. The van der Waals surface area contributed by atoms with Crippen LogP contribution in [0.3, 0.4) is 0 Å². The predicted octanol–water partition coefficient (Wildman–Crippen LogP) is 7.64. The lowest BCUT2D eigenvalue weighted by atomic mass is 10.1. The Balaban J connectivity index is 1.32. The number of nitrogens with zero attached hydrogens (tertiary/aromatic N) is 5. The highest BCUT2D eigenvalue weighted by Gasteiger charge is 2.16. The number of fused-ring (bicyclic) bond motifs is 6. The fourth-order valence-corrected chi connectivity index (χ4v) is 6.25. The maximum absolute atomic E-state index is 5.96. The molecule has 2 N–H and O–H groups in total. The van der Waals surface area contributed by atoms with Crippen molar-refractivity contribution < 1.29 is 0 Å². The summed E-state index contributed by atoms with van der Waals surface area (Å²) in [7, 11) is 0. The van der Waals surface area contributed by atoms with E-state index >= 15 is 0 Å². The Hall–Kier alpha value is -3.74. The van der Waals surface area contributed by atoms with Crippen LogP contribution in [0.1, 0.15) is 57.3 Å². The third kappa shape index (κ3) is 5.46. The molecule has 6 nitrogen and oxygen atoms in total. The SMILES string of the molecule is CCCCn1c2ccccc2c2cc(CN(CCCN)Cc3cc4c5ccccc5n(CCCC)c4cn3)ncc21. The van der Waals surface area contributed by atoms with Gasteiger partial charge in [-0.05, 0) is 50.1 Å². The predicted molar refractivity (Wildman–Crippen MR) is 172 cm³/mol. The number of aryl methyl sites for hydroxylation is 2. The van der Waals surface area contributed by atoms with Crippen molar-refractivity contribution >= 4 is 43.6 Å². The van der Waals surface area contributed by atoms with Crippen LogP contribution in [0.5, 0.6) is 0 Å². The van der Waals surface area contributed by atoms with E-state index in [9.17, 15) is 0 Å². The van der Waals surface area contributed by atoms with Crippen LogP contribution in [0.2, 0.25) is 0 Å². The zero-order valence-electron chi connectivity index (χ0n) is 24.5. The second-order valence-electron chi connectivity index (χ2n) is 11.3. The maximum atomic E-state index is 5.96. The highest BCUT2D eigenvalue weighted by Crippen LogP contribution is 2.31. The molecule has 4 aromatic heterocycles. The molecular formula is C35H42N6. The largest absolute Gasteiger partial charge is 0.339 e. The lowest BCUT2D eigenvalue weighted by molar-refractivity contribution is 0.249. The summed E-state index contributed by atoms with van der Waals surface area (Å²) in [5.74, 6) is 0. The summed E-state index contributed by atoms with van der Waals surface area (Å²) >= 11 is 0. The molecule has 4 heterocycles. The van der Waals surface area contributed by atoms with Gasteiger partial charge in [0, 0.05) is 65.3 Å². The molecule has 0 saturated carbocycles. The molecule has 6 aromatic rings. The van der Waals surface area contributed by atoms with Crippen LogP contribution in [-0.4, -0.2) is 37.1 Å². The van der Waals surface area contributed by atoms with Crippen molar-refractivity contribution in [2.45, 2.75) is 72.1 Å². The average Bonchev–Trinajstić information content (AvgIpc) is 3.49. The Morgan fingerprint density at radius 2 is 1.12 bits per heavy atom. The zero-order chi connectivity index (χ0) is 28.2. The number of hydrogen-bond acceptors (Lipinski definition) is 4. The van der Waals surface area contributed by atoms with Gasteiger partial charge in [0.05, 0.1) is 34.8 Å². The van der Waals surface area contributed by atoms with Gasteiger partial charge in [-0.15, -0.1) is 0 Å². The van der Waals surface area contributed by atoms with Gasteiger partial charge in [0.25, 0.3) is 0 Å². The molecule has 0 unspecified atom stereocenters. The number of aromatic nitrogens is 4. The van der Waals surface area contributed by atoms with Gasteiger partial charge in [0.2, 0.25) is 0 Å². The minimum Gasteiger partial charge on any atom is -0.339 e. The van der Waals surface area contributed by atoms with E-state index in [0.717, 1.165) is 63.4 Å². The fourth-order valence-electron chi connectivity index (χ4n) is 6.25. The number of hydrogen-bond donors (Lipinski definition) is 1. The van der Waals surface area contributed by atoms with Crippen molar-refractivity contribution in [1.29, 1.82) is 0 Å². The molecule has 0 fully saturated rings. The van der Waals surface area contributed by atoms with E-state index in [1.54, 1.807) is 0 Å². The number of nitrogens with two attached hydrogens (primary N) is 1. The Morgan fingerprint density at radius 3 is 1.59 bits per heavy atom. The van der Waals surface area contributed by atoms with Crippen molar-refractivity contribution in [2.24, 2.45) is 5.73 Å². The molecule has 41 heavy (non-hydrogen) atoms. The van der Waals surface area contributed by atoms with Crippen molar-refractivity contribution in [3.8, 4) is 0 Å². The van der Waals surface area contributed by atoms with Gasteiger partial charge >= 0.3 is 0 Å². The lowest BCUT2D eigenvalue weighted by Crippen LogP contribution is -2.26. The van der Waals surface area contributed by atoms with Gasteiger partial charge in [0.1, 0.15) is 0 Å². The van der Waals surface area contributed by atoms with Crippen molar-refractivity contribution in [3.63, 3.8) is 0 Å². The number of benzene rings is 2. The Morgan fingerprint density at radius 1 is 0.634 bits per heavy atom. The van der Waals surface area contributed by atoms with Crippen LogP contribution < -0.4 is 5.73 Å². The Kier molecular flexibility index (Phi) is 8.31.